The lowest BCUT2D eigenvalue weighted by Gasteiger charge is -2.25. The molecule has 0 radical (unpaired) electrons. The van der Waals surface area contributed by atoms with E-state index in [9.17, 15) is 9.50 Å². The molecule has 22 heavy (non-hydrogen) atoms. The average Bonchev–Trinajstić information content (AvgIpc) is 3.14. The summed E-state index contributed by atoms with van der Waals surface area (Å²) < 4.78 is 14.9. The molecule has 0 bridgehead atoms. The van der Waals surface area contributed by atoms with Crippen LogP contribution in [0.15, 0.2) is 43.0 Å². The van der Waals surface area contributed by atoms with Gasteiger partial charge in [-0.2, -0.15) is 0 Å². The molecular formula is C15H14FN5O. The molecule has 2 unspecified atom stereocenters. The number of nitrogens with zero attached hydrogens (tertiary/aromatic N) is 5. The first-order chi connectivity index (χ1) is 10.7. The first-order valence-corrected chi connectivity index (χ1v) is 7.07. The average molecular weight is 299 g/mol. The molecule has 2 atom stereocenters. The fourth-order valence-electron chi connectivity index (χ4n) is 3.00. The molecule has 3 aromatic rings. The van der Waals surface area contributed by atoms with Crippen molar-refractivity contribution in [1.29, 1.82) is 0 Å². The number of aliphatic hydroxyl groups excluding tert-OH is 1. The SMILES string of the molecule is OC1CC(c2ccc(F)cc2)N(c2nccn3cnnc23)C1. The maximum absolute atomic E-state index is 13.1. The first kappa shape index (κ1) is 13.1. The Bertz CT molecular complexity index is 803. The van der Waals surface area contributed by atoms with Gasteiger partial charge >= 0.3 is 0 Å². The molecule has 1 aromatic carbocycles. The molecular weight excluding hydrogens is 285 g/mol. The minimum Gasteiger partial charge on any atom is -0.391 e. The number of halogens is 1. The number of hydrogen-bond acceptors (Lipinski definition) is 5. The van der Waals surface area contributed by atoms with Gasteiger partial charge in [0.15, 0.2) is 5.82 Å². The van der Waals surface area contributed by atoms with Crippen molar-refractivity contribution in [2.75, 3.05) is 11.4 Å². The summed E-state index contributed by atoms with van der Waals surface area (Å²) in [5.74, 6) is 0.400. The Morgan fingerprint density at radius 1 is 1.23 bits per heavy atom. The Morgan fingerprint density at radius 2 is 2.05 bits per heavy atom. The Balaban J connectivity index is 1.78. The van der Waals surface area contributed by atoms with Crippen LogP contribution in [-0.2, 0) is 0 Å². The smallest absolute Gasteiger partial charge is 0.203 e. The normalized spacial score (nSPS) is 21.6. The maximum atomic E-state index is 13.1. The summed E-state index contributed by atoms with van der Waals surface area (Å²) in [6.45, 7) is 0.460. The Kier molecular flexibility index (Phi) is 3.00. The molecule has 1 saturated heterocycles. The number of β-amino-alcohol motifs (C(OH)–C–C–N with tert-alkyl or cyclic N) is 1. The zero-order chi connectivity index (χ0) is 15.1. The van der Waals surface area contributed by atoms with Crippen LogP contribution in [0, 0.1) is 5.82 Å². The molecule has 1 aliphatic heterocycles. The minimum absolute atomic E-state index is 0.0639. The van der Waals surface area contributed by atoms with E-state index in [1.54, 1.807) is 35.3 Å². The fraction of sp³-hybridized carbons (Fsp3) is 0.267. The number of aromatic nitrogens is 4. The van der Waals surface area contributed by atoms with Gasteiger partial charge in [-0.1, -0.05) is 12.1 Å². The molecule has 0 saturated carbocycles. The van der Waals surface area contributed by atoms with Gasteiger partial charge in [0.2, 0.25) is 5.65 Å². The van der Waals surface area contributed by atoms with Gasteiger partial charge in [0.05, 0.1) is 12.1 Å². The van der Waals surface area contributed by atoms with Crippen molar-refractivity contribution in [1.82, 2.24) is 19.6 Å². The molecule has 2 aromatic heterocycles. The van der Waals surface area contributed by atoms with Crippen LogP contribution in [0.25, 0.3) is 5.65 Å². The summed E-state index contributed by atoms with van der Waals surface area (Å²) in [7, 11) is 0. The van der Waals surface area contributed by atoms with Gasteiger partial charge in [0, 0.05) is 18.9 Å². The van der Waals surface area contributed by atoms with Crippen LogP contribution in [0.5, 0.6) is 0 Å². The van der Waals surface area contributed by atoms with E-state index in [0.717, 1.165) is 5.56 Å². The van der Waals surface area contributed by atoms with Crippen LogP contribution in [0.2, 0.25) is 0 Å². The summed E-state index contributed by atoms with van der Waals surface area (Å²) in [4.78, 5) is 6.41. The number of anilines is 1. The molecule has 1 fully saturated rings. The lowest BCUT2D eigenvalue weighted by Crippen LogP contribution is -2.26. The second-order valence-corrected chi connectivity index (χ2v) is 5.42. The summed E-state index contributed by atoms with van der Waals surface area (Å²) in [6, 6.07) is 6.29. The van der Waals surface area contributed by atoms with Gasteiger partial charge in [0.25, 0.3) is 0 Å². The zero-order valence-corrected chi connectivity index (χ0v) is 11.7. The molecule has 0 aliphatic carbocycles. The van der Waals surface area contributed by atoms with Crippen LogP contribution in [0.3, 0.4) is 0 Å². The van der Waals surface area contributed by atoms with E-state index in [4.69, 9.17) is 0 Å². The molecule has 1 aliphatic rings. The second-order valence-electron chi connectivity index (χ2n) is 5.42. The van der Waals surface area contributed by atoms with E-state index in [1.165, 1.54) is 12.1 Å². The van der Waals surface area contributed by atoms with Gasteiger partial charge in [0.1, 0.15) is 12.1 Å². The summed E-state index contributed by atoms with van der Waals surface area (Å²) >= 11 is 0. The van der Waals surface area contributed by atoms with E-state index in [1.807, 2.05) is 4.90 Å². The Labute approximate surface area is 125 Å². The van der Waals surface area contributed by atoms with E-state index in [0.29, 0.717) is 24.4 Å². The standard InChI is InChI=1S/C15H14FN5O/c16-11-3-1-10(2-4-11)13-7-12(22)8-21(13)14-15-19-18-9-20(15)6-5-17-14/h1-6,9,12-13,22H,7-8H2. The van der Waals surface area contributed by atoms with Crippen LogP contribution in [0.4, 0.5) is 10.2 Å². The van der Waals surface area contributed by atoms with Crippen molar-refractivity contribution in [2.45, 2.75) is 18.6 Å². The topological polar surface area (TPSA) is 66.5 Å². The molecule has 0 amide bonds. The fourth-order valence-corrected chi connectivity index (χ4v) is 3.00. The van der Waals surface area contributed by atoms with Gasteiger partial charge in [-0.25, -0.2) is 9.37 Å². The van der Waals surface area contributed by atoms with E-state index >= 15 is 0 Å². The van der Waals surface area contributed by atoms with E-state index in [2.05, 4.69) is 15.2 Å². The van der Waals surface area contributed by atoms with E-state index < -0.39 is 6.10 Å². The van der Waals surface area contributed by atoms with Crippen LogP contribution in [0.1, 0.15) is 18.0 Å². The van der Waals surface area contributed by atoms with Crippen molar-refractivity contribution in [2.24, 2.45) is 0 Å². The van der Waals surface area contributed by atoms with Crippen molar-refractivity contribution in [3.63, 3.8) is 0 Å². The lowest BCUT2D eigenvalue weighted by atomic mass is 10.0. The van der Waals surface area contributed by atoms with Crippen LogP contribution in [-0.4, -0.2) is 37.3 Å². The second kappa shape index (κ2) is 5.03. The largest absolute Gasteiger partial charge is 0.391 e. The molecule has 0 spiro atoms. The highest BCUT2D eigenvalue weighted by Crippen LogP contribution is 2.36. The third kappa shape index (κ3) is 2.10. The molecule has 1 N–H and O–H groups in total. The zero-order valence-electron chi connectivity index (χ0n) is 11.7. The van der Waals surface area contributed by atoms with Crippen molar-refractivity contribution < 1.29 is 9.50 Å². The summed E-state index contributed by atoms with van der Waals surface area (Å²) in [6.07, 6.45) is 5.18. The van der Waals surface area contributed by atoms with Crippen molar-refractivity contribution in [3.8, 4) is 0 Å². The highest BCUT2D eigenvalue weighted by Gasteiger charge is 2.34. The molecule has 7 heteroatoms. The third-order valence-electron chi connectivity index (χ3n) is 4.00. The molecule has 4 rings (SSSR count). The van der Waals surface area contributed by atoms with Gasteiger partial charge in [-0.05, 0) is 24.1 Å². The summed E-state index contributed by atoms with van der Waals surface area (Å²) in [5, 5.41) is 18.1. The van der Waals surface area contributed by atoms with Gasteiger partial charge < -0.3 is 10.0 Å². The Morgan fingerprint density at radius 3 is 2.86 bits per heavy atom. The maximum Gasteiger partial charge on any atom is 0.203 e. The lowest BCUT2D eigenvalue weighted by molar-refractivity contribution is 0.194. The monoisotopic (exact) mass is 299 g/mol. The Hall–Kier alpha value is -2.54. The molecule has 112 valence electrons. The number of hydrogen-bond donors (Lipinski definition) is 1. The first-order valence-electron chi connectivity index (χ1n) is 7.07. The van der Waals surface area contributed by atoms with Crippen LogP contribution < -0.4 is 4.90 Å². The predicted molar refractivity (Wildman–Crippen MR) is 77.9 cm³/mol. The summed E-state index contributed by atoms with van der Waals surface area (Å²) in [5.41, 5.74) is 1.59. The van der Waals surface area contributed by atoms with Gasteiger partial charge in [-0.3, -0.25) is 4.40 Å². The van der Waals surface area contributed by atoms with E-state index in [-0.39, 0.29) is 11.9 Å². The molecule has 6 nitrogen and oxygen atoms in total. The number of fused-ring (bicyclic) bond motifs is 1. The number of aliphatic hydroxyl groups is 1. The molecule has 3 heterocycles. The quantitative estimate of drug-likeness (QED) is 0.778. The number of rotatable bonds is 2. The third-order valence-corrected chi connectivity index (χ3v) is 4.00. The van der Waals surface area contributed by atoms with Crippen molar-refractivity contribution in [3.05, 3.63) is 54.4 Å². The minimum atomic E-state index is -0.458. The highest BCUT2D eigenvalue weighted by atomic mass is 19.1. The van der Waals surface area contributed by atoms with Crippen molar-refractivity contribution >= 4 is 11.5 Å². The number of benzene rings is 1. The van der Waals surface area contributed by atoms with Gasteiger partial charge in [-0.15, -0.1) is 10.2 Å². The van der Waals surface area contributed by atoms with Crippen LogP contribution >= 0.6 is 0 Å². The predicted octanol–water partition coefficient (Wildman–Crippen LogP) is 1.58. The highest BCUT2D eigenvalue weighted by molar-refractivity contribution is 5.65.